The van der Waals surface area contributed by atoms with Crippen LogP contribution in [-0.4, -0.2) is 48.1 Å². The summed E-state index contributed by atoms with van der Waals surface area (Å²) in [6.07, 6.45) is 7.97. The number of hydrogen-bond donors (Lipinski definition) is 1. The standard InChI is InChI=1S/C17H28N4/c1-14(2)19-11-15-6-7-18-12-17(15)21-10-4-9-20-8-3-5-16(20)13-21/h6-7,12,14,16,19H,3-5,8-11,13H2,1-2H3. The normalized spacial score (nSPS) is 23.4. The van der Waals surface area contributed by atoms with Gasteiger partial charge in [-0.25, -0.2) is 0 Å². The maximum absolute atomic E-state index is 4.38. The quantitative estimate of drug-likeness (QED) is 0.921. The van der Waals surface area contributed by atoms with Gasteiger partial charge in [-0.2, -0.15) is 0 Å². The Morgan fingerprint density at radius 2 is 2.14 bits per heavy atom. The molecule has 2 aliphatic rings. The van der Waals surface area contributed by atoms with E-state index in [1.54, 1.807) is 0 Å². The summed E-state index contributed by atoms with van der Waals surface area (Å²) in [4.78, 5) is 9.63. The largest absolute Gasteiger partial charge is 0.368 e. The second-order valence-corrected chi connectivity index (χ2v) is 6.67. The van der Waals surface area contributed by atoms with E-state index in [1.807, 2.05) is 6.20 Å². The summed E-state index contributed by atoms with van der Waals surface area (Å²) in [6.45, 7) is 10.2. The molecule has 0 aromatic carbocycles. The third-order valence-electron chi connectivity index (χ3n) is 4.73. The Morgan fingerprint density at radius 1 is 1.29 bits per heavy atom. The highest BCUT2D eigenvalue weighted by Crippen LogP contribution is 2.26. The smallest absolute Gasteiger partial charge is 0.0598 e. The molecule has 1 aromatic heterocycles. The lowest BCUT2D eigenvalue weighted by atomic mass is 10.1. The van der Waals surface area contributed by atoms with Crippen LogP contribution in [0, 0.1) is 0 Å². The first kappa shape index (κ1) is 14.8. The van der Waals surface area contributed by atoms with Gasteiger partial charge in [0, 0.05) is 44.5 Å². The molecule has 1 atom stereocenters. The summed E-state index contributed by atoms with van der Waals surface area (Å²) in [5.74, 6) is 0. The van der Waals surface area contributed by atoms with Crippen molar-refractivity contribution in [1.82, 2.24) is 15.2 Å². The molecule has 0 radical (unpaired) electrons. The van der Waals surface area contributed by atoms with Crippen molar-refractivity contribution in [3.63, 3.8) is 0 Å². The molecule has 0 bridgehead atoms. The predicted octanol–water partition coefficient (Wildman–Crippen LogP) is 2.25. The van der Waals surface area contributed by atoms with Crippen LogP contribution in [0.5, 0.6) is 0 Å². The van der Waals surface area contributed by atoms with Gasteiger partial charge in [0.1, 0.15) is 0 Å². The maximum atomic E-state index is 4.38. The molecule has 1 aromatic rings. The minimum atomic E-state index is 0.514. The Bertz CT molecular complexity index is 460. The van der Waals surface area contributed by atoms with E-state index in [-0.39, 0.29) is 0 Å². The van der Waals surface area contributed by atoms with E-state index in [1.165, 1.54) is 50.1 Å². The number of hydrogen-bond acceptors (Lipinski definition) is 4. The fourth-order valence-corrected chi connectivity index (χ4v) is 3.59. The van der Waals surface area contributed by atoms with Gasteiger partial charge >= 0.3 is 0 Å². The first-order valence-electron chi connectivity index (χ1n) is 8.39. The van der Waals surface area contributed by atoms with Crippen LogP contribution in [0.25, 0.3) is 0 Å². The van der Waals surface area contributed by atoms with Crippen molar-refractivity contribution >= 4 is 5.69 Å². The molecule has 116 valence electrons. The van der Waals surface area contributed by atoms with E-state index < -0.39 is 0 Å². The molecule has 2 aliphatic heterocycles. The molecule has 3 rings (SSSR count). The third-order valence-corrected chi connectivity index (χ3v) is 4.73. The highest BCUT2D eigenvalue weighted by atomic mass is 15.3. The SMILES string of the molecule is CC(C)NCc1ccncc1N1CCCN2CCCC2C1. The van der Waals surface area contributed by atoms with Crippen molar-refractivity contribution in [3.8, 4) is 0 Å². The summed E-state index contributed by atoms with van der Waals surface area (Å²) in [7, 11) is 0. The zero-order valence-corrected chi connectivity index (χ0v) is 13.4. The maximum Gasteiger partial charge on any atom is 0.0598 e. The zero-order chi connectivity index (χ0) is 14.7. The van der Waals surface area contributed by atoms with E-state index in [0.717, 1.165) is 19.1 Å². The average Bonchev–Trinajstić information content (AvgIpc) is 2.82. The van der Waals surface area contributed by atoms with Gasteiger partial charge in [-0.05, 0) is 37.4 Å². The van der Waals surface area contributed by atoms with Gasteiger partial charge in [0.2, 0.25) is 0 Å². The molecule has 1 N–H and O–H groups in total. The number of fused-ring (bicyclic) bond motifs is 1. The molecule has 3 heterocycles. The molecule has 4 heteroatoms. The first-order valence-corrected chi connectivity index (χ1v) is 8.39. The molecular weight excluding hydrogens is 260 g/mol. The van der Waals surface area contributed by atoms with E-state index in [9.17, 15) is 0 Å². The van der Waals surface area contributed by atoms with Crippen LogP contribution >= 0.6 is 0 Å². The van der Waals surface area contributed by atoms with Gasteiger partial charge in [0.15, 0.2) is 0 Å². The van der Waals surface area contributed by atoms with Crippen LogP contribution in [0.15, 0.2) is 18.5 Å². The lowest BCUT2D eigenvalue weighted by Crippen LogP contribution is -2.37. The molecular formula is C17H28N4. The van der Waals surface area contributed by atoms with Crippen molar-refractivity contribution in [2.75, 3.05) is 31.1 Å². The molecule has 2 saturated heterocycles. The van der Waals surface area contributed by atoms with E-state index in [0.29, 0.717) is 6.04 Å². The first-order chi connectivity index (χ1) is 10.2. The highest BCUT2D eigenvalue weighted by Gasteiger charge is 2.29. The second-order valence-electron chi connectivity index (χ2n) is 6.67. The van der Waals surface area contributed by atoms with Gasteiger partial charge in [0.05, 0.1) is 11.9 Å². The molecule has 21 heavy (non-hydrogen) atoms. The van der Waals surface area contributed by atoms with Gasteiger partial charge < -0.3 is 10.2 Å². The lowest BCUT2D eigenvalue weighted by molar-refractivity contribution is 0.273. The number of nitrogens with one attached hydrogen (secondary N) is 1. The van der Waals surface area contributed by atoms with Gasteiger partial charge in [0.25, 0.3) is 0 Å². The molecule has 0 spiro atoms. The van der Waals surface area contributed by atoms with Crippen molar-refractivity contribution in [3.05, 3.63) is 24.0 Å². The number of pyridine rings is 1. The third kappa shape index (κ3) is 3.55. The summed E-state index contributed by atoms with van der Waals surface area (Å²) in [5.41, 5.74) is 2.71. The fraction of sp³-hybridized carbons (Fsp3) is 0.706. The van der Waals surface area contributed by atoms with E-state index in [4.69, 9.17) is 0 Å². The van der Waals surface area contributed by atoms with Gasteiger partial charge in [-0.15, -0.1) is 0 Å². The minimum absolute atomic E-state index is 0.514. The average molecular weight is 288 g/mol. The van der Waals surface area contributed by atoms with Crippen molar-refractivity contribution < 1.29 is 0 Å². The molecule has 0 saturated carbocycles. The molecule has 2 fully saturated rings. The van der Waals surface area contributed by atoms with Crippen molar-refractivity contribution in [2.45, 2.75) is 51.7 Å². The van der Waals surface area contributed by atoms with Crippen LogP contribution in [0.4, 0.5) is 5.69 Å². The Balaban J connectivity index is 1.75. The van der Waals surface area contributed by atoms with Crippen molar-refractivity contribution in [1.29, 1.82) is 0 Å². The van der Waals surface area contributed by atoms with Crippen LogP contribution in [0.3, 0.4) is 0 Å². The Kier molecular flexibility index (Phi) is 4.76. The topological polar surface area (TPSA) is 31.4 Å². The Morgan fingerprint density at radius 3 is 3.00 bits per heavy atom. The van der Waals surface area contributed by atoms with Crippen LogP contribution in [0.1, 0.15) is 38.7 Å². The lowest BCUT2D eigenvalue weighted by Gasteiger charge is -2.29. The van der Waals surface area contributed by atoms with Crippen LogP contribution < -0.4 is 10.2 Å². The minimum Gasteiger partial charge on any atom is -0.368 e. The molecule has 0 aliphatic carbocycles. The zero-order valence-electron chi connectivity index (χ0n) is 13.4. The second kappa shape index (κ2) is 6.75. The van der Waals surface area contributed by atoms with Gasteiger partial charge in [-0.1, -0.05) is 13.8 Å². The predicted molar refractivity (Wildman–Crippen MR) is 87.6 cm³/mol. The Hall–Kier alpha value is -1.13. The number of aromatic nitrogens is 1. The van der Waals surface area contributed by atoms with Gasteiger partial charge in [-0.3, -0.25) is 9.88 Å². The molecule has 1 unspecified atom stereocenters. The summed E-state index contributed by atoms with van der Waals surface area (Å²) in [6, 6.07) is 3.43. The van der Waals surface area contributed by atoms with Crippen LogP contribution in [0.2, 0.25) is 0 Å². The van der Waals surface area contributed by atoms with Crippen molar-refractivity contribution in [2.24, 2.45) is 0 Å². The summed E-state index contributed by atoms with van der Waals surface area (Å²) < 4.78 is 0. The number of nitrogens with zero attached hydrogens (tertiary/aromatic N) is 3. The monoisotopic (exact) mass is 288 g/mol. The van der Waals surface area contributed by atoms with E-state index in [2.05, 4.69) is 46.2 Å². The van der Waals surface area contributed by atoms with Crippen LogP contribution in [-0.2, 0) is 6.54 Å². The Labute approximate surface area is 128 Å². The summed E-state index contributed by atoms with van der Waals surface area (Å²) in [5, 5.41) is 3.54. The van der Waals surface area contributed by atoms with E-state index >= 15 is 0 Å². The molecule has 0 amide bonds. The fourth-order valence-electron chi connectivity index (χ4n) is 3.59. The number of anilines is 1. The number of rotatable bonds is 4. The summed E-state index contributed by atoms with van der Waals surface area (Å²) >= 11 is 0. The highest BCUT2D eigenvalue weighted by molar-refractivity contribution is 5.52. The molecule has 4 nitrogen and oxygen atoms in total.